The highest BCUT2D eigenvalue weighted by Crippen LogP contribution is 2.27. The lowest BCUT2D eigenvalue weighted by Crippen LogP contribution is -2.12. The molecule has 0 aliphatic rings. The van der Waals surface area contributed by atoms with Crippen LogP contribution >= 0.6 is 11.8 Å². The van der Waals surface area contributed by atoms with Gasteiger partial charge in [0.25, 0.3) is 0 Å². The van der Waals surface area contributed by atoms with Crippen molar-refractivity contribution in [1.29, 1.82) is 0 Å². The van der Waals surface area contributed by atoms with Crippen LogP contribution in [0.5, 0.6) is 11.5 Å². The summed E-state index contributed by atoms with van der Waals surface area (Å²) in [6.07, 6.45) is -0.175. The van der Waals surface area contributed by atoms with Gasteiger partial charge in [-0.25, -0.2) is 0 Å². The molecule has 0 saturated carbocycles. The van der Waals surface area contributed by atoms with Crippen molar-refractivity contribution in [2.75, 3.05) is 7.11 Å². The van der Waals surface area contributed by atoms with Crippen LogP contribution in [0.3, 0.4) is 0 Å². The number of ether oxygens (including phenoxy) is 2. The van der Waals surface area contributed by atoms with Crippen LogP contribution in [0.15, 0.2) is 53.7 Å². The van der Waals surface area contributed by atoms with Crippen LogP contribution in [0.1, 0.15) is 36.9 Å². The zero-order valence-electron chi connectivity index (χ0n) is 16.2. The first-order valence-electron chi connectivity index (χ1n) is 9.03. The van der Waals surface area contributed by atoms with Crippen molar-refractivity contribution >= 4 is 11.8 Å². The maximum Gasteiger partial charge on any atom is 0.191 e. The molecule has 1 heterocycles. The first-order chi connectivity index (χ1) is 13.1. The lowest BCUT2D eigenvalue weighted by molar-refractivity contribution is 0.210. The Morgan fingerprint density at radius 2 is 1.85 bits per heavy atom. The van der Waals surface area contributed by atoms with Gasteiger partial charge in [-0.3, -0.25) is 0 Å². The van der Waals surface area contributed by atoms with Crippen molar-refractivity contribution in [2.45, 2.75) is 44.3 Å². The minimum atomic E-state index is -0.175. The van der Waals surface area contributed by atoms with E-state index in [2.05, 4.69) is 34.7 Å². The molecule has 0 bridgehead atoms. The summed E-state index contributed by atoms with van der Waals surface area (Å²) in [4.78, 5) is 0. The minimum absolute atomic E-state index is 0.175. The molecule has 2 aromatic carbocycles. The van der Waals surface area contributed by atoms with E-state index >= 15 is 0 Å². The van der Waals surface area contributed by atoms with Crippen LogP contribution in [0.25, 0.3) is 0 Å². The third-order valence-corrected chi connectivity index (χ3v) is 5.30. The van der Waals surface area contributed by atoms with Crippen molar-refractivity contribution in [3.8, 4) is 11.5 Å². The number of aryl methyl sites for hydroxylation is 1. The third kappa shape index (κ3) is 4.83. The molecular weight excluding hydrogens is 358 g/mol. The number of hydrogen-bond donors (Lipinski definition) is 0. The van der Waals surface area contributed by atoms with Crippen LogP contribution in [0, 0.1) is 6.92 Å². The molecule has 6 heteroatoms. The molecule has 0 N–H and O–H groups in total. The Kier molecular flexibility index (Phi) is 6.40. The minimum Gasteiger partial charge on any atom is -0.497 e. The maximum atomic E-state index is 6.06. The van der Waals surface area contributed by atoms with E-state index in [9.17, 15) is 0 Å². The Hall–Kier alpha value is -2.47. The summed E-state index contributed by atoms with van der Waals surface area (Å²) in [5.74, 6) is 3.35. The van der Waals surface area contributed by atoms with Gasteiger partial charge in [-0.05, 0) is 50.6 Å². The predicted molar refractivity (Wildman–Crippen MR) is 108 cm³/mol. The fraction of sp³-hybridized carbons (Fsp3) is 0.333. The molecule has 0 spiro atoms. The van der Waals surface area contributed by atoms with E-state index in [1.54, 1.807) is 18.9 Å². The Bertz CT molecular complexity index is 877. The molecule has 1 atom stereocenters. The number of benzene rings is 2. The molecule has 5 nitrogen and oxygen atoms in total. The van der Waals surface area contributed by atoms with E-state index in [1.165, 1.54) is 11.1 Å². The SMILES string of the molecule is CCn1c(SCc2cccc(OC)c2)nnc1C(C)Oc1ccc(C)cc1. The van der Waals surface area contributed by atoms with Crippen LogP contribution in [-0.4, -0.2) is 21.9 Å². The number of hydrogen-bond acceptors (Lipinski definition) is 5. The average molecular weight is 384 g/mol. The zero-order valence-corrected chi connectivity index (χ0v) is 17.0. The van der Waals surface area contributed by atoms with Crippen molar-refractivity contribution in [3.05, 3.63) is 65.5 Å². The molecule has 3 rings (SSSR count). The van der Waals surface area contributed by atoms with Crippen LogP contribution in [0.2, 0.25) is 0 Å². The molecule has 0 fully saturated rings. The van der Waals surface area contributed by atoms with Gasteiger partial charge in [0.05, 0.1) is 7.11 Å². The van der Waals surface area contributed by atoms with E-state index in [1.807, 2.05) is 49.4 Å². The number of rotatable bonds is 8. The highest BCUT2D eigenvalue weighted by Gasteiger charge is 2.18. The molecule has 0 radical (unpaired) electrons. The second-order valence-electron chi connectivity index (χ2n) is 6.30. The topological polar surface area (TPSA) is 49.2 Å². The van der Waals surface area contributed by atoms with Crippen LogP contribution < -0.4 is 9.47 Å². The fourth-order valence-corrected chi connectivity index (χ4v) is 3.74. The van der Waals surface area contributed by atoms with Crippen molar-refractivity contribution in [2.24, 2.45) is 0 Å². The van der Waals surface area contributed by atoms with Crippen molar-refractivity contribution in [1.82, 2.24) is 14.8 Å². The Morgan fingerprint density at radius 1 is 1.07 bits per heavy atom. The lowest BCUT2D eigenvalue weighted by Gasteiger charge is -2.15. The molecular formula is C21H25N3O2S. The van der Waals surface area contributed by atoms with E-state index in [4.69, 9.17) is 9.47 Å². The average Bonchev–Trinajstić information content (AvgIpc) is 3.11. The summed E-state index contributed by atoms with van der Waals surface area (Å²) < 4.78 is 13.5. The zero-order chi connectivity index (χ0) is 19.2. The van der Waals surface area contributed by atoms with Gasteiger partial charge in [-0.15, -0.1) is 10.2 Å². The molecule has 142 valence electrons. The van der Waals surface area contributed by atoms with Gasteiger partial charge in [-0.1, -0.05) is 41.6 Å². The summed E-state index contributed by atoms with van der Waals surface area (Å²) in [6.45, 7) is 6.96. The largest absolute Gasteiger partial charge is 0.497 e. The van der Waals surface area contributed by atoms with Gasteiger partial charge in [0.1, 0.15) is 11.5 Å². The highest BCUT2D eigenvalue weighted by atomic mass is 32.2. The summed E-state index contributed by atoms with van der Waals surface area (Å²) in [5, 5.41) is 9.67. The van der Waals surface area contributed by atoms with Crippen LogP contribution in [0.4, 0.5) is 0 Å². The highest BCUT2D eigenvalue weighted by molar-refractivity contribution is 7.98. The predicted octanol–water partition coefficient (Wildman–Crippen LogP) is 5.05. The van der Waals surface area contributed by atoms with Gasteiger partial charge >= 0.3 is 0 Å². The smallest absolute Gasteiger partial charge is 0.191 e. The monoisotopic (exact) mass is 383 g/mol. The first-order valence-corrected chi connectivity index (χ1v) is 10.0. The molecule has 27 heavy (non-hydrogen) atoms. The maximum absolute atomic E-state index is 6.06. The molecule has 1 unspecified atom stereocenters. The molecule has 3 aromatic rings. The van der Waals surface area contributed by atoms with Crippen molar-refractivity contribution < 1.29 is 9.47 Å². The van der Waals surface area contributed by atoms with E-state index < -0.39 is 0 Å². The van der Waals surface area contributed by atoms with Gasteiger partial charge < -0.3 is 14.0 Å². The van der Waals surface area contributed by atoms with Gasteiger partial charge in [0.15, 0.2) is 17.1 Å². The molecule has 1 aromatic heterocycles. The number of nitrogens with zero attached hydrogens (tertiary/aromatic N) is 3. The van der Waals surface area contributed by atoms with Gasteiger partial charge in [0.2, 0.25) is 0 Å². The first kappa shape index (κ1) is 19.3. The third-order valence-electron chi connectivity index (χ3n) is 4.26. The summed E-state index contributed by atoms with van der Waals surface area (Å²) in [5.41, 5.74) is 2.40. The van der Waals surface area contributed by atoms with Crippen LogP contribution in [-0.2, 0) is 12.3 Å². The molecule has 0 amide bonds. The van der Waals surface area contributed by atoms with Gasteiger partial charge in [0, 0.05) is 12.3 Å². The number of methoxy groups -OCH3 is 1. The second-order valence-corrected chi connectivity index (χ2v) is 7.24. The molecule has 0 aliphatic heterocycles. The normalized spacial score (nSPS) is 12.0. The molecule has 0 saturated heterocycles. The van der Waals surface area contributed by atoms with E-state index in [0.717, 1.165) is 34.8 Å². The number of thioether (sulfide) groups is 1. The fourth-order valence-electron chi connectivity index (χ4n) is 2.79. The molecule has 0 aliphatic carbocycles. The lowest BCUT2D eigenvalue weighted by atomic mass is 10.2. The Morgan fingerprint density at radius 3 is 2.56 bits per heavy atom. The summed E-state index contributed by atoms with van der Waals surface area (Å²) >= 11 is 1.67. The number of aromatic nitrogens is 3. The quantitative estimate of drug-likeness (QED) is 0.510. The van der Waals surface area contributed by atoms with Crippen molar-refractivity contribution in [3.63, 3.8) is 0 Å². The van der Waals surface area contributed by atoms with E-state index in [-0.39, 0.29) is 6.10 Å². The second kappa shape index (κ2) is 8.95. The summed E-state index contributed by atoms with van der Waals surface area (Å²) in [6, 6.07) is 16.1. The standard InChI is InChI=1S/C21H25N3O2S/c1-5-24-20(16(3)26-18-11-9-15(2)10-12-18)22-23-21(24)27-14-17-7-6-8-19(13-17)25-4/h6-13,16H,5,14H2,1-4H3. The van der Waals surface area contributed by atoms with Gasteiger partial charge in [-0.2, -0.15) is 0 Å². The van der Waals surface area contributed by atoms with E-state index in [0.29, 0.717) is 0 Å². The Balaban J connectivity index is 1.70. The summed E-state index contributed by atoms with van der Waals surface area (Å²) in [7, 11) is 1.68. The Labute approximate surface area is 164 Å².